The van der Waals surface area contributed by atoms with Gasteiger partial charge >= 0.3 is 6.03 Å². The van der Waals surface area contributed by atoms with E-state index >= 15 is 0 Å². The van der Waals surface area contributed by atoms with E-state index in [-0.39, 0.29) is 0 Å². The SMILES string of the molecule is CN(C)/C=N/C(=O)NOCc1ccccc1. The third-order valence-corrected chi connectivity index (χ3v) is 1.65. The van der Waals surface area contributed by atoms with E-state index in [9.17, 15) is 4.79 Å². The first-order valence-corrected chi connectivity index (χ1v) is 4.85. The van der Waals surface area contributed by atoms with Crippen LogP contribution < -0.4 is 5.48 Å². The second-order valence-corrected chi connectivity index (χ2v) is 3.39. The average Bonchev–Trinajstić information content (AvgIpc) is 2.28. The third-order valence-electron chi connectivity index (χ3n) is 1.65. The molecule has 0 fully saturated rings. The van der Waals surface area contributed by atoms with Gasteiger partial charge < -0.3 is 4.90 Å². The first-order chi connectivity index (χ1) is 7.68. The molecule has 5 heteroatoms. The zero-order valence-corrected chi connectivity index (χ0v) is 9.38. The van der Waals surface area contributed by atoms with E-state index in [1.54, 1.807) is 19.0 Å². The quantitative estimate of drug-likeness (QED) is 0.475. The van der Waals surface area contributed by atoms with Crippen molar-refractivity contribution in [2.75, 3.05) is 14.1 Å². The molecule has 0 atom stereocenters. The van der Waals surface area contributed by atoms with Crippen LogP contribution in [-0.4, -0.2) is 31.4 Å². The minimum Gasteiger partial charge on any atom is -0.369 e. The maximum Gasteiger partial charge on any atom is 0.366 e. The summed E-state index contributed by atoms with van der Waals surface area (Å²) in [6.07, 6.45) is 1.40. The van der Waals surface area contributed by atoms with Crippen molar-refractivity contribution in [1.29, 1.82) is 0 Å². The third kappa shape index (κ3) is 5.11. The Kier molecular flexibility index (Phi) is 5.01. The highest BCUT2D eigenvalue weighted by molar-refractivity contribution is 5.81. The van der Waals surface area contributed by atoms with Gasteiger partial charge in [-0.1, -0.05) is 30.3 Å². The van der Waals surface area contributed by atoms with Gasteiger partial charge in [0.1, 0.15) is 0 Å². The fourth-order valence-corrected chi connectivity index (χ4v) is 0.950. The second-order valence-electron chi connectivity index (χ2n) is 3.39. The van der Waals surface area contributed by atoms with Crippen LogP contribution in [0, 0.1) is 0 Å². The van der Waals surface area contributed by atoms with Crippen molar-refractivity contribution in [3.63, 3.8) is 0 Å². The number of benzene rings is 1. The molecule has 1 aromatic rings. The molecule has 0 aliphatic carbocycles. The largest absolute Gasteiger partial charge is 0.369 e. The number of rotatable bonds is 4. The number of aliphatic imine (C=N–C) groups is 1. The van der Waals surface area contributed by atoms with Crippen molar-refractivity contribution in [1.82, 2.24) is 10.4 Å². The summed E-state index contributed by atoms with van der Waals surface area (Å²) in [5, 5.41) is 0. The summed E-state index contributed by atoms with van der Waals surface area (Å²) in [5.41, 5.74) is 3.21. The number of hydrogen-bond donors (Lipinski definition) is 1. The van der Waals surface area contributed by atoms with E-state index < -0.39 is 6.03 Å². The van der Waals surface area contributed by atoms with Crippen LogP contribution in [0.2, 0.25) is 0 Å². The Bertz CT molecular complexity index is 350. The summed E-state index contributed by atoms with van der Waals surface area (Å²) in [7, 11) is 3.56. The monoisotopic (exact) mass is 221 g/mol. The molecule has 0 aliphatic rings. The Morgan fingerprint density at radius 2 is 2.12 bits per heavy atom. The molecular weight excluding hydrogens is 206 g/mol. The van der Waals surface area contributed by atoms with Crippen molar-refractivity contribution in [3.05, 3.63) is 35.9 Å². The van der Waals surface area contributed by atoms with Gasteiger partial charge in [0, 0.05) is 14.1 Å². The van der Waals surface area contributed by atoms with Gasteiger partial charge in [0.25, 0.3) is 0 Å². The molecule has 0 unspecified atom stereocenters. The first-order valence-electron chi connectivity index (χ1n) is 4.85. The van der Waals surface area contributed by atoms with Crippen molar-refractivity contribution in [2.24, 2.45) is 4.99 Å². The smallest absolute Gasteiger partial charge is 0.366 e. The molecule has 0 bridgehead atoms. The molecule has 0 saturated carbocycles. The lowest BCUT2D eigenvalue weighted by Crippen LogP contribution is -2.21. The van der Waals surface area contributed by atoms with Gasteiger partial charge in [-0.3, -0.25) is 4.84 Å². The van der Waals surface area contributed by atoms with Crippen LogP contribution in [0.25, 0.3) is 0 Å². The number of nitrogens with one attached hydrogen (secondary N) is 1. The highest BCUT2D eigenvalue weighted by Crippen LogP contribution is 1.98. The number of hydroxylamine groups is 1. The van der Waals surface area contributed by atoms with Gasteiger partial charge in [0.15, 0.2) is 0 Å². The Morgan fingerprint density at radius 1 is 1.44 bits per heavy atom. The lowest BCUT2D eigenvalue weighted by atomic mass is 10.2. The lowest BCUT2D eigenvalue weighted by Gasteiger charge is -2.04. The van der Waals surface area contributed by atoms with Crippen LogP contribution in [0.1, 0.15) is 5.56 Å². The van der Waals surface area contributed by atoms with Crippen LogP contribution in [0.4, 0.5) is 4.79 Å². The summed E-state index contributed by atoms with van der Waals surface area (Å²) >= 11 is 0. The van der Waals surface area contributed by atoms with Gasteiger partial charge in [0.2, 0.25) is 0 Å². The van der Waals surface area contributed by atoms with Crippen molar-refractivity contribution >= 4 is 12.4 Å². The van der Waals surface area contributed by atoms with Gasteiger partial charge in [-0.15, -0.1) is 0 Å². The number of nitrogens with zero attached hydrogens (tertiary/aromatic N) is 2. The number of amides is 2. The standard InChI is InChI=1S/C11H15N3O2/c1-14(2)9-12-11(15)13-16-8-10-6-4-3-5-7-10/h3-7,9H,8H2,1-2H3,(H,13,15)/b12-9+. The van der Waals surface area contributed by atoms with Crippen LogP contribution in [0.5, 0.6) is 0 Å². The molecule has 2 amide bonds. The fraction of sp³-hybridized carbons (Fsp3) is 0.273. The summed E-state index contributed by atoms with van der Waals surface area (Å²) < 4.78 is 0. The predicted octanol–water partition coefficient (Wildman–Crippen LogP) is 1.42. The predicted molar refractivity (Wildman–Crippen MR) is 61.9 cm³/mol. The second kappa shape index (κ2) is 6.58. The van der Waals surface area contributed by atoms with E-state index in [0.29, 0.717) is 6.61 Å². The van der Waals surface area contributed by atoms with Crippen LogP contribution in [-0.2, 0) is 11.4 Å². The Morgan fingerprint density at radius 3 is 2.75 bits per heavy atom. The molecule has 1 N–H and O–H groups in total. The number of carbonyl (C=O) groups is 1. The first kappa shape index (κ1) is 12.2. The lowest BCUT2D eigenvalue weighted by molar-refractivity contribution is 0.0522. The maximum atomic E-state index is 11.1. The molecule has 0 aliphatic heterocycles. The molecular formula is C11H15N3O2. The molecule has 86 valence electrons. The van der Waals surface area contributed by atoms with Crippen molar-refractivity contribution in [3.8, 4) is 0 Å². The summed E-state index contributed by atoms with van der Waals surface area (Å²) in [4.78, 5) is 21.3. The highest BCUT2D eigenvalue weighted by atomic mass is 16.7. The van der Waals surface area contributed by atoms with Crippen LogP contribution >= 0.6 is 0 Å². The maximum absolute atomic E-state index is 11.1. The summed E-state index contributed by atoms with van der Waals surface area (Å²) in [5.74, 6) is 0. The molecule has 16 heavy (non-hydrogen) atoms. The summed E-state index contributed by atoms with van der Waals surface area (Å²) in [6.45, 7) is 0.323. The highest BCUT2D eigenvalue weighted by Gasteiger charge is 1.96. The molecule has 0 spiro atoms. The Hall–Kier alpha value is -1.88. The van der Waals surface area contributed by atoms with Gasteiger partial charge in [-0.25, -0.2) is 10.3 Å². The normalized spacial score (nSPS) is 10.4. The van der Waals surface area contributed by atoms with E-state index in [0.717, 1.165) is 5.56 Å². The molecule has 0 aromatic heterocycles. The van der Waals surface area contributed by atoms with E-state index in [1.165, 1.54) is 6.34 Å². The molecule has 0 saturated heterocycles. The number of hydrogen-bond acceptors (Lipinski definition) is 2. The minimum atomic E-state index is -0.523. The van der Waals surface area contributed by atoms with Crippen LogP contribution in [0.3, 0.4) is 0 Å². The van der Waals surface area contributed by atoms with E-state index in [2.05, 4.69) is 10.5 Å². The Balaban J connectivity index is 2.23. The van der Waals surface area contributed by atoms with Crippen molar-refractivity contribution < 1.29 is 9.63 Å². The van der Waals surface area contributed by atoms with E-state index in [1.807, 2.05) is 30.3 Å². The number of urea groups is 1. The van der Waals surface area contributed by atoms with Gasteiger partial charge in [0.05, 0.1) is 12.9 Å². The molecule has 5 nitrogen and oxygen atoms in total. The molecule has 0 radical (unpaired) electrons. The zero-order valence-electron chi connectivity index (χ0n) is 9.38. The molecule has 1 aromatic carbocycles. The fourth-order valence-electron chi connectivity index (χ4n) is 0.950. The minimum absolute atomic E-state index is 0.323. The molecule has 0 heterocycles. The average molecular weight is 221 g/mol. The zero-order chi connectivity index (χ0) is 11.8. The number of carbonyl (C=O) groups excluding carboxylic acids is 1. The van der Waals surface area contributed by atoms with Crippen molar-refractivity contribution in [2.45, 2.75) is 6.61 Å². The molecule has 1 rings (SSSR count). The van der Waals surface area contributed by atoms with E-state index in [4.69, 9.17) is 4.84 Å². The Labute approximate surface area is 94.7 Å². The van der Waals surface area contributed by atoms with Crippen LogP contribution in [0.15, 0.2) is 35.3 Å². The topological polar surface area (TPSA) is 53.9 Å². The van der Waals surface area contributed by atoms with Gasteiger partial charge in [-0.2, -0.15) is 4.99 Å². The van der Waals surface area contributed by atoms with Gasteiger partial charge in [-0.05, 0) is 5.56 Å². The summed E-state index contributed by atoms with van der Waals surface area (Å²) in [6, 6.07) is 9.04.